The minimum atomic E-state index is -0.678. The molecule has 3 aromatic rings. The van der Waals surface area contributed by atoms with Crippen molar-refractivity contribution in [2.24, 2.45) is 0 Å². The van der Waals surface area contributed by atoms with E-state index in [-0.39, 0.29) is 11.5 Å². The second-order valence-corrected chi connectivity index (χ2v) is 6.33. The average molecular weight is 334 g/mol. The highest BCUT2D eigenvalue weighted by atomic mass is 16.2. The van der Waals surface area contributed by atoms with Crippen LogP contribution in [0.15, 0.2) is 47.4 Å². The van der Waals surface area contributed by atoms with Crippen molar-refractivity contribution in [3.8, 4) is 0 Å². The molecule has 1 aliphatic carbocycles. The molecule has 0 fully saturated rings. The van der Waals surface area contributed by atoms with E-state index >= 15 is 0 Å². The minimum absolute atomic E-state index is 0.231. The van der Waals surface area contributed by atoms with Gasteiger partial charge in [0.05, 0.1) is 11.2 Å². The Kier molecular flexibility index (Phi) is 3.80. The Morgan fingerprint density at radius 1 is 1.24 bits per heavy atom. The van der Waals surface area contributed by atoms with Crippen molar-refractivity contribution in [2.45, 2.75) is 32.2 Å². The Balaban J connectivity index is 1.59. The molecule has 1 amide bonds. The third-order valence-corrected chi connectivity index (χ3v) is 4.60. The van der Waals surface area contributed by atoms with E-state index < -0.39 is 6.04 Å². The average Bonchev–Trinajstić information content (AvgIpc) is 3.07. The third-order valence-electron chi connectivity index (χ3n) is 4.60. The lowest BCUT2D eigenvalue weighted by Crippen LogP contribution is -2.33. The summed E-state index contributed by atoms with van der Waals surface area (Å²) in [7, 11) is 0. The molecule has 1 aromatic carbocycles. The van der Waals surface area contributed by atoms with Crippen LogP contribution >= 0.6 is 0 Å². The highest BCUT2D eigenvalue weighted by Gasteiger charge is 2.21. The number of amides is 1. The van der Waals surface area contributed by atoms with Gasteiger partial charge in [0.1, 0.15) is 6.04 Å². The standard InChI is InChI=1S/C19H18N4O2/c1-12(23-18(24)11-14-4-2-6-17(14)22-23)19(25)21-15-7-8-16-13(10-15)5-3-9-20-16/h3,5,7-12H,2,4,6H2,1H3,(H,21,25). The molecule has 0 aliphatic heterocycles. The number of nitrogens with zero attached hydrogens (tertiary/aromatic N) is 3. The Labute approximate surface area is 144 Å². The van der Waals surface area contributed by atoms with Gasteiger partial charge in [-0.25, -0.2) is 4.68 Å². The fourth-order valence-corrected chi connectivity index (χ4v) is 3.20. The van der Waals surface area contributed by atoms with Crippen LogP contribution in [0.3, 0.4) is 0 Å². The van der Waals surface area contributed by atoms with Gasteiger partial charge in [-0.05, 0) is 56.0 Å². The Morgan fingerprint density at radius 2 is 2.12 bits per heavy atom. The Hall–Kier alpha value is -3.02. The molecule has 1 unspecified atom stereocenters. The van der Waals surface area contributed by atoms with Crippen LogP contribution in [-0.2, 0) is 17.6 Å². The van der Waals surface area contributed by atoms with E-state index in [1.54, 1.807) is 25.3 Å². The van der Waals surface area contributed by atoms with E-state index in [4.69, 9.17) is 0 Å². The van der Waals surface area contributed by atoms with E-state index in [2.05, 4.69) is 15.4 Å². The first-order valence-electron chi connectivity index (χ1n) is 8.39. The van der Waals surface area contributed by atoms with Crippen LogP contribution in [0.4, 0.5) is 5.69 Å². The molecule has 6 nitrogen and oxygen atoms in total. The van der Waals surface area contributed by atoms with E-state index in [1.165, 1.54) is 4.68 Å². The predicted octanol–water partition coefficient (Wildman–Crippen LogP) is 2.48. The zero-order valence-corrected chi connectivity index (χ0v) is 13.9. The summed E-state index contributed by atoms with van der Waals surface area (Å²) in [6.07, 6.45) is 4.50. The maximum absolute atomic E-state index is 12.6. The largest absolute Gasteiger partial charge is 0.324 e. The molecule has 2 heterocycles. The monoisotopic (exact) mass is 334 g/mol. The molecule has 0 saturated carbocycles. The normalized spacial score (nSPS) is 14.3. The van der Waals surface area contributed by atoms with Crippen LogP contribution in [-0.4, -0.2) is 20.7 Å². The quantitative estimate of drug-likeness (QED) is 0.798. The second-order valence-electron chi connectivity index (χ2n) is 6.33. The maximum Gasteiger partial charge on any atom is 0.267 e. The van der Waals surface area contributed by atoms with Gasteiger partial charge < -0.3 is 5.32 Å². The maximum atomic E-state index is 12.6. The summed E-state index contributed by atoms with van der Waals surface area (Å²) >= 11 is 0. The summed E-state index contributed by atoms with van der Waals surface area (Å²) in [4.78, 5) is 29.1. The number of carbonyl (C=O) groups excluding carboxylic acids is 1. The lowest BCUT2D eigenvalue weighted by molar-refractivity contribution is -0.119. The Morgan fingerprint density at radius 3 is 3.00 bits per heavy atom. The first-order valence-corrected chi connectivity index (χ1v) is 8.39. The van der Waals surface area contributed by atoms with Crippen molar-refractivity contribution < 1.29 is 4.79 Å². The van der Waals surface area contributed by atoms with Crippen LogP contribution in [0.5, 0.6) is 0 Å². The number of hydrogen-bond acceptors (Lipinski definition) is 4. The van der Waals surface area contributed by atoms with Gasteiger partial charge in [-0.1, -0.05) is 6.07 Å². The van der Waals surface area contributed by atoms with Crippen molar-refractivity contribution in [1.82, 2.24) is 14.8 Å². The summed E-state index contributed by atoms with van der Waals surface area (Å²) in [6, 6.07) is 10.3. The van der Waals surface area contributed by atoms with E-state index in [9.17, 15) is 9.59 Å². The first-order chi connectivity index (χ1) is 12.1. The number of pyridine rings is 1. The SMILES string of the molecule is CC(C(=O)Nc1ccc2ncccc2c1)n1nc2c(cc1=O)CCC2. The number of aryl methyl sites for hydroxylation is 2. The van der Waals surface area contributed by atoms with Gasteiger partial charge in [0.2, 0.25) is 5.91 Å². The number of carbonyl (C=O) groups is 1. The molecule has 2 aromatic heterocycles. The first kappa shape index (κ1) is 15.5. The summed E-state index contributed by atoms with van der Waals surface area (Å²) in [5.74, 6) is -0.268. The molecule has 0 bridgehead atoms. The number of fused-ring (bicyclic) bond motifs is 2. The van der Waals surface area contributed by atoms with E-state index in [0.29, 0.717) is 5.69 Å². The molecule has 1 atom stereocenters. The van der Waals surface area contributed by atoms with Crippen molar-refractivity contribution in [2.75, 3.05) is 5.32 Å². The predicted molar refractivity (Wildman–Crippen MR) is 95.6 cm³/mol. The molecule has 0 spiro atoms. The number of hydrogen-bond donors (Lipinski definition) is 1. The van der Waals surface area contributed by atoms with Gasteiger partial charge in [0.25, 0.3) is 5.56 Å². The van der Waals surface area contributed by atoms with Crippen LogP contribution in [0, 0.1) is 0 Å². The number of benzene rings is 1. The van der Waals surface area contributed by atoms with Gasteiger partial charge >= 0.3 is 0 Å². The summed E-state index contributed by atoms with van der Waals surface area (Å²) in [6.45, 7) is 1.69. The highest BCUT2D eigenvalue weighted by Crippen LogP contribution is 2.20. The molecule has 0 radical (unpaired) electrons. The summed E-state index contributed by atoms with van der Waals surface area (Å²) < 4.78 is 1.28. The van der Waals surface area contributed by atoms with Crippen molar-refractivity contribution in [3.63, 3.8) is 0 Å². The highest BCUT2D eigenvalue weighted by molar-refractivity contribution is 5.95. The lowest BCUT2D eigenvalue weighted by atomic mass is 10.2. The number of nitrogens with one attached hydrogen (secondary N) is 1. The molecule has 6 heteroatoms. The van der Waals surface area contributed by atoms with Crippen LogP contribution in [0.1, 0.15) is 30.6 Å². The molecule has 0 saturated heterocycles. The zero-order chi connectivity index (χ0) is 17.4. The number of aromatic nitrogens is 3. The summed E-state index contributed by atoms with van der Waals surface area (Å²) in [5, 5.41) is 8.20. The van der Waals surface area contributed by atoms with Crippen LogP contribution in [0.2, 0.25) is 0 Å². The van der Waals surface area contributed by atoms with Crippen molar-refractivity contribution in [1.29, 1.82) is 0 Å². The minimum Gasteiger partial charge on any atom is -0.324 e. The number of anilines is 1. The molecule has 1 aliphatic rings. The Bertz CT molecular complexity index is 1030. The van der Waals surface area contributed by atoms with E-state index in [1.807, 2.05) is 24.3 Å². The number of rotatable bonds is 3. The second kappa shape index (κ2) is 6.12. The van der Waals surface area contributed by atoms with Crippen LogP contribution in [0.25, 0.3) is 10.9 Å². The third kappa shape index (κ3) is 2.91. The van der Waals surface area contributed by atoms with Gasteiger partial charge in [-0.3, -0.25) is 14.6 Å². The van der Waals surface area contributed by atoms with Crippen molar-refractivity contribution in [3.05, 3.63) is 64.2 Å². The van der Waals surface area contributed by atoms with Gasteiger partial charge in [0.15, 0.2) is 0 Å². The molecular formula is C19H18N4O2. The fourth-order valence-electron chi connectivity index (χ4n) is 3.20. The molecule has 126 valence electrons. The van der Waals surface area contributed by atoms with Gasteiger partial charge in [-0.2, -0.15) is 5.10 Å². The van der Waals surface area contributed by atoms with Crippen LogP contribution < -0.4 is 10.9 Å². The topological polar surface area (TPSA) is 76.9 Å². The molecule has 25 heavy (non-hydrogen) atoms. The smallest absolute Gasteiger partial charge is 0.267 e. The molecular weight excluding hydrogens is 316 g/mol. The van der Waals surface area contributed by atoms with E-state index in [0.717, 1.165) is 41.4 Å². The van der Waals surface area contributed by atoms with Gasteiger partial charge in [-0.15, -0.1) is 0 Å². The molecule has 4 rings (SSSR count). The molecule has 1 N–H and O–H groups in total. The summed E-state index contributed by atoms with van der Waals surface area (Å²) in [5.41, 5.74) is 3.24. The van der Waals surface area contributed by atoms with Gasteiger partial charge in [0, 0.05) is 23.3 Å². The lowest BCUT2D eigenvalue weighted by Gasteiger charge is -2.15. The zero-order valence-electron chi connectivity index (χ0n) is 13.9. The fraction of sp³-hybridized carbons (Fsp3) is 0.263. The van der Waals surface area contributed by atoms with Crippen molar-refractivity contribution >= 4 is 22.5 Å².